The Kier molecular flexibility index (Phi) is 6.80. The number of piperidine rings is 1. The maximum Gasteiger partial charge on any atom is 0.223 e. The second kappa shape index (κ2) is 8.63. The van der Waals surface area contributed by atoms with Crippen LogP contribution >= 0.6 is 0 Å². The first-order chi connectivity index (χ1) is 9.79. The van der Waals surface area contributed by atoms with Gasteiger partial charge in [0.2, 0.25) is 5.91 Å². The van der Waals surface area contributed by atoms with Gasteiger partial charge in [0, 0.05) is 32.2 Å². The molecule has 0 spiro atoms. The van der Waals surface area contributed by atoms with E-state index in [0.717, 1.165) is 45.4 Å². The van der Waals surface area contributed by atoms with Crippen LogP contribution in [-0.2, 0) is 4.79 Å². The molecule has 0 aromatic rings. The number of nitrogens with one attached hydrogen (secondary N) is 1. The van der Waals surface area contributed by atoms with E-state index >= 15 is 0 Å². The lowest BCUT2D eigenvalue weighted by Gasteiger charge is -2.31. The molecule has 2 rings (SSSR count). The molecule has 1 saturated carbocycles. The fraction of sp³-hybridized carbons (Fsp3) is 0.938. The molecule has 0 radical (unpaired) electrons. The van der Waals surface area contributed by atoms with Crippen molar-refractivity contribution in [2.75, 3.05) is 32.8 Å². The Hall–Kier alpha value is -0.610. The van der Waals surface area contributed by atoms with Crippen LogP contribution in [0.4, 0.5) is 0 Å². The SMILES string of the molecule is O=C(NCCN1CCC[C@@H](CO)C1)C1CCCCCC1. The van der Waals surface area contributed by atoms with Gasteiger partial charge < -0.3 is 15.3 Å². The topological polar surface area (TPSA) is 52.6 Å². The van der Waals surface area contributed by atoms with Crippen molar-refractivity contribution in [3.8, 4) is 0 Å². The van der Waals surface area contributed by atoms with E-state index in [1.54, 1.807) is 0 Å². The van der Waals surface area contributed by atoms with Gasteiger partial charge in [0.15, 0.2) is 0 Å². The first kappa shape index (κ1) is 15.8. The Morgan fingerprint density at radius 1 is 1.10 bits per heavy atom. The van der Waals surface area contributed by atoms with Crippen molar-refractivity contribution in [3.05, 3.63) is 0 Å². The third kappa shape index (κ3) is 5.06. The van der Waals surface area contributed by atoms with Crippen molar-refractivity contribution >= 4 is 5.91 Å². The number of hydrogen-bond acceptors (Lipinski definition) is 3. The summed E-state index contributed by atoms with van der Waals surface area (Å²) < 4.78 is 0. The molecular formula is C16H30N2O2. The Morgan fingerprint density at radius 3 is 2.55 bits per heavy atom. The summed E-state index contributed by atoms with van der Waals surface area (Å²) in [6, 6.07) is 0. The van der Waals surface area contributed by atoms with E-state index in [4.69, 9.17) is 0 Å². The molecule has 116 valence electrons. The van der Waals surface area contributed by atoms with Crippen LogP contribution in [-0.4, -0.2) is 48.7 Å². The first-order valence-corrected chi connectivity index (χ1v) is 8.40. The van der Waals surface area contributed by atoms with Gasteiger partial charge in [0.25, 0.3) is 0 Å². The summed E-state index contributed by atoms with van der Waals surface area (Å²) in [4.78, 5) is 14.5. The molecule has 2 aliphatic rings. The fourth-order valence-electron chi connectivity index (χ4n) is 3.53. The summed E-state index contributed by atoms with van der Waals surface area (Å²) in [5.41, 5.74) is 0. The maximum absolute atomic E-state index is 12.1. The molecule has 4 heteroatoms. The summed E-state index contributed by atoms with van der Waals surface area (Å²) in [5.74, 6) is 0.952. The molecule has 2 N–H and O–H groups in total. The number of amides is 1. The van der Waals surface area contributed by atoms with Crippen LogP contribution < -0.4 is 5.32 Å². The molecule has 20 heavy (non-hydrogen) atoms. The fourth-order valence-corrected chi connectivity index (χ4v) is 3.53. The Balaban J connectivity index is 1.63. The standard InChI is InChI=1S/C16H30N2O2/c19-13-14-6-5-10-18(12-14)11-9-17-16(20)15-7-3-1-2-4-8-15/h14-15,19H,1-13H2,(H,17,20)/t14-/m1/s1. The monoisotopic (exact) mass is 282 g/mol. The maximum atomic E-state index is 12.1. The van der Waals surface area contributed by atoms with Gasteiger partial charge in [-0.05, 0) is 38.1 Å². The molecule has 1 aliphatic carbocycles. The molecule has 0 aromatic carbocycles. The average molecular weight is 282 g/mol. The quantitative estimate of drug-likeness (QED) is 0.756. The van der Waals surface area contributed by atoms with Crippen molar-refractivity contribution < 1.29 is 9.90 Å². The third-order valence-corrected chi connectivity index (χ3v) is 4.81. The van der Waals surface area contributed by atoms with Crippen LogP contribution in [0.5, 0.6) is 0 Å². The van der Waals surface area contributed by atoms with Crippen LogP contribution in [0, 0.1) is 11.8 Å². The number of hydrogen-bond donors (Lipinski definition) is 2. The van der Waals surface area contributed by atoms with Crippen molar-refractivity contribution in [2.24, 2.45) is 11.8 Å². The summed E-state index contributed by atoms with van der Waals surface area (Å²) in [5, 5.41) is 12.3. The van der Waals surface area contributed by atoms with E-state index in [2.05, 4.69) is 10.2 Å². The number of aliphatic hydroxyl groups excluding tert-OH is 1. The van der Waals surface area contributed by atoms with E-state index < -0.39 is 0 Å². The molecule has 1 saturated heterocycles. The molecule has 1 amide bonds. The number of rotatable bonds is 5. The highest BCUT2D eigenvalue weighted by atomic mass is 16.3. The zero-order chi connectivity index (χ0) is 14.2. The second-order valence-electron chi connectivity index (χ2n) is 6.47. The molecule has 1 aliphatic heterocycles. The van der Waals surface area contributed by atoms with Gasteiger partial charge >= 0.3 is 0 Å². The molecule has 0 bridgehead atoms. The lowest BCUT2D eigenvalue weighted by atomic mass is 9.99. The number of nitrogens with zero attached hydrogens (tertiary/aromatic N) is 1. The molecule has 4 nitrogen and oxygen atoms in total. The van der Waals surface area contributed by atoms with E-state index in [-0.39, 0.29) is 11.8 Å². The molecule has 0 aromatic heterocycles. The van der Waals surface area contributed by atoms with Crippen LogP contribution in [0.3, 0.4) is 0 Å². The lowest BCUT2D eigenvalue weighted by molar-refractivity contribution is -0.125. The molecule has 1 atom stereocenters. The van der Waals surface area contributed by atoms with Crippen LogP contribution in [0.25, 0.3) is 0 Å². The van der Waals surface area contributed by atoms with Gasteiger partial charge in [0.05, 0.1) is 0 Å². The predicted molar refractivity (Wildman–Crippen MR) is 80.5 cm³/mol. The predicted octanol–water partition coefficient (Wildman–Crippen LogP) is 1.78. The van der Waals surface area contributed by atoms with E-state index in [0.29, 0.717) is 12.5 Å². The Labute approximate surface area is 122 Å². The van der Waals surface area contributed by atoms with Gasteiger partial charge in [-0.3, -0.25) is 4.79 Å². The summed E-state index contributed by atoms with van der Waals surface area (Å²) >= 11 is 0. The molecule has 1 heterocycles. The van der Waals surface area contributed by atoms with E-state index in [1.807, 2.05) is 0 Å². The molecular weight excluding hydrogens is 252 g/mol. The van der Waals surface area contributed by atoms with Gasteiger partial charge in [0.1, 0.15) is 0 Å². The van der Waals surface area contributed by atoms with Crippen molar-refractivity contribution in [2.45, 2.75) is 51.4 Å². The number of likely N-dealkylation sites (tertiary alicyclic amines) is 1. The highest BCUT2D eigenvalue weighted by Crippen LogP contribution is 2.22. The Morgan fingerprint density at radius 2 is 1.85 bits per heavy atom. The lowest BCUT2D eigenvalue weighted by Crippen LogP contribution is -2.42. The van der Waals surface area contributed by atoms with Crippen molar-refractivity contribution in [1.82, 2.24) is 10.2 Å². The normalized spacial score (nSPS) is 26.1. The number of carbonyl (C=O) groups is 1. The summed E-state index contributed by atoms with van der Waals surface area (Å²) in [7, 11) is 0. The average Bonchev–Trinajstić information content (AvgIpc) is 2.76. The Bertz CT molecular complexity index is 288. The van der Waals surface area contributed by atoms with Crippen molar-refractivity contribution in [1.29, 1.82) is 0 Å². The third-order valence-electron chi connectivity index (χ3n) is 4.81. The summed E-state index contributed by atoms with van der Waals surface area (Å²) in [6.07, 6.45) is 9.46. The van der Waals surface area contributed by atoms with Gasteiger partial charge in [-0.15, -0.1) is 0 Å². The smallest absolute Gasteiger partial charge is 0.223 e. The van der Waals surface area contributed by atoms with Gasteiger partial charge in [-0.2, -0.15) is 0 Å². The minimum atomic E-state index is 0.254. The molecule has 0 unspecified atom stereocenters. The minimum absolute atomic E-state index is 0.254. The number of aliphatic hydroxyl groups is 1. The van der Waals surface area contributed by atoms with Crippen LogP contribution in [0.2, 0.25) is 0 Å². The van der Waals surface area contributed by atoms with Crippen molar-refractivity contribution in [3.63, 3.8) is 0 Å². The van der Waals surface area contributed by atoms with E-state index in [1.165, 1.54) is 32.1 Å². The largest absolute Gasteiger partial charge is 0.396 e. The minimum Gasteiger partial charge on any atom is -0.396 e. The zero-order valence-corrected chi connectivity index (χ0v) is 12.6. The second-order valence-corrected chi connectivity index (χ2v) is 6.47. The van der Waals surface area contributed by atoms with Gasteiger partial charge in [-0.25, -0.2) is 0 Å². The first-order valence-electron chi connectivity index (χ1n) is 8.40. The number of carbonyl (C=O) groups excluding carboxylic acids is 1. The highest BCUT2D eigenvalue weighted by Gasteiger charge is 2.21. The zero-order valence-electron chi connectivity index (χ0n) is 12.6. The highest BCUT2D eigenvalue weighted by molar-refractivity contribution is 5.78. The molecule has 2 fully saturated rings. The van der Waals surface area contributed by atoms with Gasteiger partial charge in [-0.1, -0.05) is 25.7 Å². The van der Waals surface area contributed by atoms with Crippen LogP contribution in [0.1, 0.15) is 51.4 Å². The summed E-state index contributed by atoms with van der Waals surface area (Å²) in [6.45, 7) is 4.07. The van der Waals surface area contributed by atoms with Crippen LogP contribution in [0.15, 0.2) is 0 Å². The van der Waals surface area contributed by atoms with E-state index in [9.17, 15) is 9.90 Å².